The van der Waals surface area contributed by atoms with E-state index in [1.807, 2.05) is 42.2 Å². The number of aliphatic hydroxyl groups excluding tert-OH is 1. The van der Waals surface area contributed by atoms with Crippen LogP contribution in [0, 0.1) is 12.7 Å². The lowest BCUT2D eigenvalue weighted by Crippen LogP contribution is -2.46. The van der Waals surface area contributed by atoms with Gasteiger partial charge in [0.1, 0.15) is 5.82 Å². The Hall–Kier alpha value is -3.99. The van der Waals surface area contributed by atoms with Crippen molar-refractivity contribution in [1.29, 1.82) is 0 Å². The molecule has 246 valence electrons. The molecule has 0 saturated heterocycles. The molecular weight excluding hydrogens is 633 g/mol. The van der Waals surface area contributed by atoms with E-state index in [-0.39, 0.29) is 33.9 Å². The van der Waals surface area contributed by atoms with Crippen LogP contribution in [0.1, 0.15) is 77.2 Å². The summed E-state index contributed by atoms with van der Waals surface area (Å²) in [5.41, 5.74) is 4.65. The molecule has 0 saturated carbocycles. The van der Waals surface area contributed by atoms with Crippen molar-refractivity contribution in [1.82, 2.24) is 19.6 Å². The van der Waals surface area contributed by atoms with E-state index in [0.29, 0.717) is 64.6 Å². The summed E-state index contributed by atoms with van der Waals surface area (Å²) in [6.45, 7) is 7.56. The van der Waals surface area contributed by atoms with Crippen molar-refractivity contribution in [2.45, 2.75) is 65.5 Å². The van der Waals surface area contributed by atoms with Gasteiger partial charge in [0.25, 0.3) is 11.8 Å². The summed E-state index contributed by atoms with van der Waals surface area (Å²) in [5.74, 6) is -0.774. The molecule has 1 atom stereocenters. The first kappa shape index (κ1) is 34.3. The molecule has 0 bridgehead atoms. The fourth-order valence-corrected chi connectivity index (χ4v) is 6.97. The lowest BCUT2D eigenvalue weighted by atomic mass is 9.93. The number of aromatic nitrogens is 2. The molecule has 4 aromatic rings. The largest absolute Gasteiger partial charge is 0.408 e. The number of aryl methyl sites for hydroxylation is 1. The highest BCUT2D eigenvalue weighted by molar-refractivity contribution is 6.57. The summed E-state index contributed by atoms with van der Waals surface area (Å²) in [6.07, 6.45) is 4.32. The first-order chi connectivity index (χ1) is 22.7. The number of nitrogens with zero attached hydrogens (tertiary/aromatic N) is 4. The first-order valence-electron chi connectivity index (χ1n) is 16.2. The molecule has 1 aliphatic heterocycles. The molecule has 1 aliphatic rings. The summed E-state index contributed by atoms with van der Waals surface area (Å²) in [7, 11) is -0.145. The van der Waals surface area contributed by atoms with Crippen LogP contribution in [0.3, 0.4) is 0 Å². The number of rotatable bonds is 13. The van der Waals surface area contributed by atoms with Gasteiger partial charge in [-0.25, -0.2) is 9.07 Å². The van der Waals surface area contributed by atoms with Crippen LogP contribution >= 0.6 is 11.6 Å². The molecule has 11 heteroatoms. The lowest BCUT2D eigenvalue weighted by Gasteiger charge is -2.36. The van der Waals surface area contributed by atoms with Crippen LogP contribution in [0.15, 0.2) is 66.7 Å². The number of nitrogens with one attached hydrogen (secondary N) is 1. The van der Waals surface area contributed by atoms with E-state index in [1.165, 1.54) is 12.1 Å². The van der Waals surface area contributed by atoms with Crippen molar-refractivity contribution >= 4 is 44.0 Å². The SMILES string of the molecule is CCCCN(CCCC)C(=O)c1cc(C)n(-c2ccc(N[Si]c3cc(Cl)ccc3F)cc2C(=O)N2Cc3ccccc3C[C@H]2CO)n1. The molecule has 2 amide bonds. The van der Waals surface area contributed by atoms with Gasteiger partial charge in [-0.05, 0) is 85.0 Å². The van der Waals surface area contributed by atoms with Crippen LogP contribution in [-0.4, -0.2) is 71.9 Å². The third kappa shape index (κ3) is 7.94. The minimum Gasteiger partial charge on any atom is -0.408 e. The van der Waals surface area contributed by atoms with Crippen LogP contribution in [0.5, 0.6) is 0 Å². The zero-order valence-electron chi connectivity index (χ0n) is 27.1. The first-order valence-corrected chi connectivity index (χ1v) is 17.6. The maximum Gasteiger partial charge on any atom is 0.274 e. The van der Waals surface area contributed by atoms with Gasteiger partial charge in [-0.3, -0.25) is 9.59 Å². The number of anilines is 1. The second kappa shape index (κ2) is 15.7. The molecule has 8 nitrogen and oxygen atoms in total. The Bertz CT molecular complexity index is 1720. The van der Waals surface area contributed by atoms with Gasteiger partial charge in [0.15, 0.2) is 5.69 Å². The molecule has 47 heavy (non-hydrogen) atoms. The highest BCUT2D eigenvalue weighted by Crippen LogP contribution is 2.29. The molecule has 0 aliphatic carbocycles. The third-order valence-corrected chi connectivity index (χ3v) is 9.81. The summed E-state index contributed by atoms with van der Waals surface area (Å²) in [5, 5.41) is 16.0. The molecule has 3 aromatic carbocycles. The van der Waals surface area contributed by atoms with E-state index in [1.54, 1.807) is 33.8 Å². The van der Waals surface area contributed by atoms with Gasteiger partial charge >= 0.3 is 0 Å². The van der Waals surface area contributed by atoms with E-state index in [9.17, 15) is 19.1 Å². The van der Waals surface area contributed by atoms with E-state index in [4.69, 9.17) is 16.7 Å². The van der Waals surface area contributed by atoms with Gasteiger partial charge in [0.05, 0.1) is 23.9 Å². The van der Waals surface area contributed by atoms with Crippen molar-refractivity contribution in [3.63, 3.8) is 0 Å². The Kier molecular flexibility index (Phi) is 11.5. The second-order valence-electron chi connectivity index (χ2n) is 11.9. The van der Waals surface area contributed by atoms with Crippen LogP contribution in [0.4, 0.5) is 10.1 Å². The van der Waals surface area contributed by atoms with Crippen molar-refractivity contribution in [3.8, 4) is 5.69 Å². The minimum absolute atomic E-state index is 0.127. The Balaban J connectivity index is 1.52. The lowest BCUT2D eigenvalue weighted by molar-refractivity contribution is 0.0544. The van der Waals surface area contributed by atoms with E-state index in [0.717, 1.165) is 36.8 Å². The normalized spacial score (nSPS) is 14.2. The molecular formula is C36H41ClFN5O3Si. The summed E-state index contributed by atoms with van der Waals surface area (Å²) < 4.78 is 16.1. The second-order valence-corrected chi connectivity index (χ2v) is 13.4. The molecule has 0 spiro atoms. The van der Waals surface area contributed by atoms with Crippen molar-refractivity contribution < 1.29 is 19.1 Å². The zero-order valence-corrected chi connectivity index (χ0v) is 28.9. The highest BCUT2D eigenvalue weighted by atomic mass is 35.5. The van der Waals surface area contributed by atoms with Crippen molar-refractivity contribution in [2.24, 2.45) is 0 Å². The summed E-state index contributed by atoms with van der Waals surface area (Å²) in [6, 6.07) is 19.1. The van der Waals surface area contributed by atoms with Crippen LogP contribution in [-0.2, 0) is 13.0 Å². The number of amides is 2. The van der Waals surface area contributed by atoms with Gasteiger partial charge in [-0.2, -0.15) is 5.10 Å². The third-order valence-electron chi connectivity index (χ3n) is 8.51. The van der Waals surface area contributed by atoms with E-state index in [2.05, 4.69) is 18.8 Å². The number of fused-ring (bicyclic) bond motifs is 1. The summed E-state index contributed by atoms with van der Waals surface area (Å²) >= 11 is 6.11. The Morgan fingerprint density at radius 2 is 1.77 bits per heavy atom. The van der Waals surface area contributed by atoms with Crippen LogP contribution < -0.4 is 10.2 Å². The number of carbonyl (C=O) groups excluding carboxylic acids is 2. The standard InChI is InChI=1S/C36H41ClFN5O3Si/c1-4-6-16-41(17-7-5-2)36(46)32-18-24(3)43(39-32)33-15-13-28(40-47-34-20-27(37)12-14-31(34)38)21-30(33)35(45)42-22-26-11-9-8-10-25(26)19-29(42)23-44/h8-15,18,20-21,29,40,44H,4-7,16-17,19,22-23H2,1-3H3/t29-/m0/s1. The van der Waals surface area contributed by atoms with Gasteiger partial charge < -0.3 is 19.9 Å². The maximum absolute atomic E-state index is 14.5. The predicted molar refractivity (Wildman–Crippen MR) is 185 cm³/mol. The number of unbranched alkanes of at least 4 members (excludes halogenated alkanes) is 2. The van der Waals surface area contributed by atoms with Gasteiger partial charge in [0, 0.05) is 36.0 Å². The van der Waals surface area contributed by atoms with Crippen molar-refractivity contribution in [2.75, 3.05) is 24.7 Å². The number of carbonyl (C=O) groups is 2. The number of hydrogen-bond donors (Lipinski definition) is 2. The molecule has 2 N–H and O–H groups in total. The Morgan fingerprint density at radius 1 is 1.04 bits per heavy atom. The predicted octanol–water partition coefficient (Wildman–Crippen LogP) is 5.93. The van der Waals surface area contributed by atoms with Crippen molar-refractivity contribution in [3.05, 3.63) is 106 Å². The molecule has 0 fully saturated rings. The van der Waals surface area contributed by atoms with E-state index >= 15 is 0 Å². The number of hydrogen-bond acceptors (Lipinski definition) is 5. The summed E-state index contributed by atoms with van der Waals surface area (Å²) in [4.78, 5) is 35.0. The highest BCUT2D eigenvalue weighted by Gasteiger charge is 2.32. The Labute approximate surface area is 283 Å². The minimum atomic E-state index is -0.411. The van der Waals surface area contributed by atoms with E-state index < -0.39 is 6.04 Å². The molecule has 1 aromatic heterocycles. The fraction of sp³-hybridized carbons (Fsp3) is 0.361. The average Bonchev–Trinajstić information content (AvgIpc) is 3.48. The number of aliphatic hydroxyl groups is 1. The van der Waals surface area contributed by atoms with Gasteiger partial charge in [-0.15, -0.1) is 0 Å². The average molecular weight is 674 g/mol. The fourth-order valence-electron chi connectivity index (χ4n) is 5.84. The topological polar surface area (TPSA) is 90.7 Å². The van der Waals surface area contributed by atoms with Crippen LogP contribution in [0.2, 0.25) is 5.02 Å². The molecule has 2 radical (unpaired) electrons. The molecule has 5 rings (SSSR count). The zero-order chi connectivity index (χ0) is 33.5. The molecule has 2 heterocycles. The van der Waals surface area contributed by atoms with Gasteiger partial charge in [-0.1, -0.05) is 62.6 Å². The van der Waals surface area contributed by atoms with Crippen LogP contribution in [0.25, 0.3) is 5.69 Å². The quantitative estimate of drug-likeness (QED) is 0.172. The van der Waals surface area contributed by atoms with Gasteiger partial charge in [0.2, 0.25) is 9.68 Å². The number of benzene rings is 3. The Morgan fingerprint density at radius 3 is 2.47 bits per heavy atom. The smallest absolute Gasteiger partial charge is 0.274 e. The monoisotopic (exact) mass is 673 g/mol. The molecule has 0 unspecified atom stereocenters. The number of halogens is 2. The maximum atomic E-state index is 14.5.